The van der Waals surface area contributed by atoms with Gasteiger partial charge in [0.15, 0.2) is 0 Å². The van der Waals surface area contributed by atoms with E-state index in [4.69, 9.17) is 0 Å². The third kappa shape index (κ3) is 1.27. The van der Waals surface area contributed by atoms with Crippen molar-refractivity contribution in [3.63, 3.8) is 0 Å². The molecule has 2 nitrogen and oxygen atoms in total. The van der Waals surface area contributed by atoms with Crippen LogP contribution in [0.5, 0.6) is 0 Å². The highest BCUT2D eigenvalue weighted by Crippen LogP contribution is 2.52. The highest BCUT2D eigenvalue weighted by molar-refractivity contribution is 5.90. The minimum absolute atomic E-state index is 0.410. The second-order valence-corrected chi connectivity index (χ2v) is 6.38. The van der Waals surface area contributed by atoms with Gasteiger partial charge in [-0.15, -0.1) is 0 Å². The van der Waals surface area contributed by atoms with Crippen molar-refractivity contribution in [3.05, 3.63) is 70.6 Å². The molecule has 0 saturated heterocycles. The minimum Gasteiger partial charge on any atom is -0.262 e. The van der Waals surface area contributed by atoms with Crippen LogP contribution in [0.1, 0.15) is 33.6 Å². The predicted octanol–water partition coefficient (Wildman–Crippen LogP) is 3.60. The van der Waals surface area contributed by atoms with Crippen LogP contribution in [0.3, 0.4) is 0 Å². The molecule has 2 aliphatic carbocycles. The first-order valence-corrected chi connectivity index (χ1v) is 7.73. The molecule has 0 fully saturated rings. The molecular weight excluding hydrogens is 268 g/mol. The first-order valence-electron chi connectivity index (χ1n) is 7.73. The molecule has 0 bridgehead atoms. The van der Waals surface area contributed by atoms with E-state index in [0.29, 0.717) is 0 Å². The third-order valence-electron chi connectivity index (χ3n) is 5.34. The maximum absolute atomic E-state index is 4.03. The van der Waals surface area contributed by atoms with E-state index < -0.39 is 5.66 Å². The SMILES string of the molecule is C=C[N+]1=[C-]C2=C(C(C)=CC2)C12C1=C([C-]=[N+]2C=C)CC(C)=C1C. The second-order valence-electron chi connectivity index (χ2n) is 6.38. The Morgan fingerprint density at radius 3 is 2.32 bits per heavy atom. The Morgan fingerprint density at radius 1 is 1.05 bits per heavy atom. The quantitative estimate of drug-likeness (QED) is 0.541. The Bertz CT molecular complexity index is 825. The summed E-state index contributed by atoms with van der Waals surface area (Å²) < 4.78 is 4.24. The molecular formula is C20H20N2. The number of nitrogens with zero attached hydrogens (tertiary/aromatic N) is 2. The van der Waals surface area contributed by atoms with Crippen LogP contribution < -0.4 is 0 Å². The zero-order valence-corrected chi connectivity index (χ0v) is 13.5. The topological polar surface area (TPSA) is 6.02 Å². The van der Waals surface area contributed by atoms with Gasteiger partial charge in [0.1, 0.15) is 12.4 Å². The Morgan fingerprint density at radius 2 is 1.68 bits per heavy atom. The van der Waals surface area contributed by atoms with E-state index in [1.807, 2.05) is 12.4 Å². The summed E-state index contributed by atoms with van der Waals surface area (Å²) in [5.74, 6) is 0. The summed E-state index contributed by atoms with van der Waals surface area (Å²) in [6.07, 6.45) is 15.1. The van der Waals surface area contributed by atoms with Crippen molar-refractivity contribution >= 4 is 12.4 Å². The van der Waals surface area contributed by atoms with Crippen LogP contribution in [0.4, 0.5) is 0 Å². The maximum Gasteiger partial charge on any atom is 0.294 e. The number of allylic oxidation sites excluding steroid dienone is 4. The molecule has 0 radical (unpaired) electrons. The summed E-state index contributed by atoms with van der Waals surface area (Å²) in [6, 6.07) is 0. The first kappa shape index (κ1) is 13.4. The van der Waals surface area contributed by atoms with Crippen molar-refractivity contribution in [1.29, 1.82) is 0 Å². The molecule has 22 heavy (non-hydrogen) atoms. The summed E-state index contributed by atoms with van der Waals surface area (Å²) in [6.45, 7) is 14.7. The standard InChI is InChI=1S/C20H20N2/c1-6-21-11-16-9-8-13(3)18(16)20(21)19-15(5)14(4)10-17(19)12-22(20)7-2/h6-8H,1-2,9-10H2,3-5H3. The molecule has 0 aromatic carbocycles. The highest BCUT2D eigenvalue weighted by atomic mass is 15.3. The number of hydrogen-bond acceptors (Lipinski definition) is 0. The molecule has 2 aliphatic heterocycles. The second kappa shape index (κ2) is 4.16. The molecule has 0 saturated carbocycles. The van der Waals surface area contributed by atoms with Gasteiger partial charge in [-0.05, 0) is 30.9 Å². The van der Waals surface area contributed by atoms with Crippen LogP contribution >= 0.6 is 0 Å². The normalized spacial score (nSPS) is 29.1. The third-order valence-corrected chi connectivity index (χ3v) is 5.34. The summed E-state index contributed by atoms with van der Waals surface area (Å²) in [5, 5.41) is 0. The van der Waals surface area contributed by atoms with E-state index in [-0.39, 0.29) is 0 Å². The summed E-state index contributed by atoms with van der Waals surface area (Å²) in [4.78, 5) is 0. The van der Waals surface area contributed by atoms with Gasteiger partial charge in [-0.25, -0.2) is 0 Å². The van der Waals surface area contributed by atoms with Crippen molar-refractivity contribution in [2.24, 2.45) is 0 Å². The van der Waals surface area contributed by atoms with Crippen LogP contribution in [0.2, 0.25) is 0 Å². The molecule has 110 valence electrons. The van der Waals surface area contributed by atoms with Crippen LogP contribution in [-0.2, 0) is 0 Å². The fourth-order valence-electron chi connectivity index (χ4n) is 4.31. The Hall–Kier alpha value is -2.22. The fourth-order valence-corrected chi connectivity index (χ4v) is 4.31. The molecule has 1 spiro atoms. The maximum atomic E-state index is 4.03. The molecule has 2 heterocycles. The monoisotopic (exact) mass is 288 g/mol. The van der Waals surface area contributed by atoms with Crippen LogP contribution in [0.25, 0.3) is 0 Å². The minimum atomic E-state index is -0.410. The van der Waals surface area contributed by atoms with Crippen molar-refractivity contribution in [2.75, 3.05) is 0 Å². The van der Waals surface area contributed by atoms with Gasteiger partial charge < -0.3 is 0 Å². The smallest absolute Gasteiger partial charge is 0.262 e. The zero-order valence-electron chi connectivity index (χ0n) is 13.5. The van der Waals surface area contributed by atoms with Crippen molar-refractivity contribution in [1.82, 2.24) is 0 Å². The molecule has 2 heteroatoms. The lowest BCUT2D eigenvalue weighted by Crippen LogP contribution is -2.48. The van der Waals surface area contributed by atoms with E-state index in [1.54, 1.807) is 0 Å². The van der Waals surface area contributed by atoms with E-state index in [2.05, 4.69) is 61.6 Å². The first-order chi connectivity index (χ1) is 10.6. The van der Waals surface area contributed by atoms with Crippen LogP contribution in [0, 0.1) is 0 Å². The van der Waals surface area contributed by atoms with Crippen LogP contribution in [-0.4, -0.2) is 27.2 Å². The fraction of sp³-hybridized carbons (Fsp3) is 0.300. The number of hydrogen-bond donors (Lipinski definition) is 0. The number of fused-ring (bicyclic) bond motifs is 2. The predicted molar refractivity (Wildman–Crippen MR) is 89.1 cm³/mol. The van der Waals surface area contributed by atoms with Gasteiger partial charge in [-0.3, -0.25) is 9.15 Å². The Labute approximate surface area is 132 Å². The summed E-state index contributed by atoms with van der Waals surface area (Å²) in [7, 11) is 0. The van der Waals surface area contributed by atoms with Gasteiger partial charge in [-0.2, -0.15) is 0 Å². The van der Waals surface area contributed by atoms with Gasteiger partial charge in [0.2, 0.25) is 0 Å². The van der Waals surface area contributed by atoms with Gasteiger partial charge in [0.05, 0.1) is 12.4 Å². The lowest BCUT2D eigenvalue weighted by Gasteiger charge is -2.34. The molecule has 0 N–H and O–H groups in total. The van der Waals surface area contributed by atoms with Crippen molar-refractivity contribution in [2.45, 2.75) is 39.3 Å². The molecule has 4 aliphatic rings. The Kier molecular flexibility index (Phi) is 2.54. The summed E-state index contributed by atoms with van der Waals surface area (Å²) in [5.41, 5.74) is 8.93. The van der Waals surface area contributed by atoms with E-state index >= 15 is 0 Å². The van der Waals surface area contributed by atoms with Crippen molar-refractivity contribution in [3.8, 4) is 0 Å². The van der Waals surface area contributed by atoms with Gasteiger partial charge in [0, 0.05) is 0 Å². The van der Waals surface area contributed by atoms with Gasteiger partial charge >= 0.3 is 0 Å². The van der Waals surface area contributed by atoms with E-state index in [9.17, 15) is 0 Å². The Balaban J connectivity index is 2.07. The lowest BCUT2D eigenvalue weighted by atomic mass is 9.84. The van der Waals surface area contributed by atoms with Gasteiger partial charge in [0.25, 0.3) is 5.66 Å². The summed E-state index contributed by atoms with van der Waals surface area (Å²) >= 11 is 0. The largest absolute Gasteiger partial charge is 0.294 e. The molecule has 1 unspecified atom stereocenters. The zero-order chi connectivity index (χ0) is 15.6. The van der Waals surface area contributed by atoms with Crippen LogP contribution in [0.15, 0.2) is 70.6 Å². The molecule has 0 aromatic heterocycles. The van der Waals surface area contributed by atoms with Gasteiger partial charge in [-0.1, -0.05) is 60.9 Å². The van der Waals surface area contributed by atoms with E-state index in [1.165, 1.54) is 39.0 Å². The molecule has 1 atom stereocenters. The number of rotatable bonds is 2. The van der Waals surface area contributed by atoms with E-state index in [0.717, 1.165) is 12.8 Å². The molecule has 4 rings (SSSR count). The molecule has 0 aromatic rings. The average Bonchev–Trinajstić information content (AvgIpc) is 3.18. The highest BCUT2D eigenvalue weighted by Gasteiger charge is 2.56. The molecule has 0 amide bonds. The average molecular weight is 288 g/mol. The lowest BCUT2D eigenvalue weighted by molar-refractivity contribution is -0.740. The van der Waals surface area contributed by atoms with Crippen molar-refractivity contribution < 1.29 is 9.15 Å².